The van der Waals surface area contributed by atoms with Crippen molar-refractivity contribution in [2.75, 3.05) is 7.11 Å². The van der Waals surface area contributed by atoms with E-state index in [1.54, 1.807) is 22.8 Å². The van der Waals surface area contributed by atoms with E-state index in [1.165, 1.54) is 7.11 Å². The van der Waals surface area contributed by atoms with Gasteiger partial charge in [0.25, 0.3) is 0 Å². The second-order valence-electron chi connectivity index (χ2n) is 3.89. The van der Waals surface area contributed by atoms with Crippen molar-refractivity contribution in [1.82, 2.24) is 19.8 Å². The third-order valence-corrected chi connectivity index (χ3v) is 2.93. The largest absolute Gasteiger partial charge is 0.468 e. The van der Waals surface area contributed by atoms with E-state index in [1.807, 2.05) is 0 Å². The monoisotopic (exact) mass is 218 g/mol. The molecule has 1 aliphatic rings. The number of aromatic nitrogens is 4. The highest BCUT2D eigenvalue weighted by Gasteiger charge is 2.56. The summed E-state index contributed by atoms with van der Waals surface area (Å²) >= 11 is 0. The highest BCUT2D eigenvalue weighted by Crippen LogP contribution is 2.48. The van der Waals surface area contributed by atoms with E-state index >= 15 is 0 Å². The van der Waals surface area contributed by atoms with Gasteiger partial charge in [-0.25, -0.2) is 0 Å². The smallest absolute Gasteiger partial charge is 0.319 e. The molecule has 1 aliphatic carbocycles. The third-order valence-electron chi connectivity index (χ3n) is 2.93. The van der Waals surface area contributed by atoms with Gasteiger partial charge >= 0.3 is 5.97 Å². The van der Waals surface area contributed by atoms with Gasteiger partial charge in [-0.1, -0.05) is 0 Å². The molecule has 16 heavy (non-hydrogen) atoms. The zero-order valence-corrected chi connectivity index (χ0v) is 8.75. The number of carbonyl (C=O) groups is 1. The molecule has 0 atom stereocenters. The van der Waals surface area contributed by atoms with Crippen LogP contribution in [0.15, 0.2) is 18.3 Å². The van der Waals surface area contributed by atoms with Gasteiger partial charge in [-0.3, -0.25) is 4.79 Å². The van der Waals surface area contributed by atoms with Gasteiger partial charge < -0.3 is 4.74 Å². The van der Waals surface area contributed by atoms with Crippen molar-refractivity contribution in [3.05, 3.63) is 24.2 Å². The van der Waals surface area contributed by atoms with E-state index in [9.17, 15) is 4.79 Å². The van der Waals surface area contributed by atoms with E-state index in [0.717, 1.165) is 12.8 Å². The van der Waals surface area contributed by atoms with Gasteiger partial charge in [0, 0.05) is 6.20 Å². The van der Waals surface area contributed by atoms with Crippen molar-refractivity contribution in [2.24, 2.45) is 0 Å². The first-order valence-corrected chi connectivity index (χ1v) is 5.03. The van der Waals surface area contributed by atoms with Gasteiger partial charge in [-0.05, 0) is 25.0 Å². The fourth-order valence-corrected chi connectivity index (χ4v) is 1.88. The maximum absolute atomic E-state index is 11.7. The fraction of sp³-hybridized carbons (Fsp3) is 0.400. The summed E-state index contributed by atoms with van der Waals surface area (Å²) in [6.07, 6.45) is 3.14. The molecule has 0 aliphatic heterocycles. The molecule has 0 amide bonds. The molecule has 1 saturated carbocycles. The van der Waals surface area contributed by atoms with Crippen LogP contribution < -0.4 is 0 Å². The Balaban J connectivity index is 2.16. The zero-order valence-electron chi connectivity index (χ0n) is 8.75. The normalized spacial score (nSPS) is 17.3. The number of nitrogens with zero attached hydrogens (tertiary/aromatic N) is 4. The Labute approximate surface area is 91.2 Å². The van der Waals surface area contributed by atoms with Crippen LogP contribution in [-0.2, 0) is 14.9 Å². The van der Waals surface area contributed by atoms with Gasteiger partial charge in [-0.15, -0.1) is 10.2 Å². The van der Waals surface area contributed by atoms with E-state index in [0.29, 0.717) is 11.5 Å². The summed E-state index contributed by atoms with van der Waals surface area (Å²) < 4.78 is 6.40. The van der Waals surface area contributed by atoms with Crippen molar-refractivity contribution in [2.45, 2.75) is 18.3 Å². The van der Waals surface area contributed by atoms with Crippen LogP contribution in [0.25, 0.3) is 5.65 Å². The molecular formula is C10H10N4O2. The number of ether oxygens (including phenoxy) is 1. The Morgan fingerprint density at radius 2 is 2.31 bits per heavy atom. The Kier molecular flexibility index (Phi) is 1.74. The van der Waals surface area contributed by atoms with Crippen LogP contribution in [0.1, 0.15) is 18.7 Å². The second-order valence-corrected chi connectivity index (χ2v) is 3.89. The summed E-state index contributed by atoms with van der Waals surface area (Å²) in [6.45, 7) is 0. The Hall–Kier alpha value is -1.98. The lowest BCUT2D eigenvalue weighted by molar-refractivity contribution is -0.143. The van der Waals surface area contributed by atoms with Gasteiger partial charge in [-0.2, -0.15) is 9.61 Å². The number of fused-ring (bicyclic) bond motifs is 1. The standard InChI is InChI=1S/C10H10N4O2/c1-16-9(15)10(4-5-10)8-13-12-7-3-2-6-11-14(7)8/h2-3,6H,4-5H2,1H3. The molecule has 0 radical (unpaired) electrons. The van der Waals surface area contributed by atoms with Crippen LogP contribution in [0.3, 0.4) is 0 Å². The molecule has 0 bridgehead atoms. The average Bonchev–Trinajstić information content (AvgIpc) is 3.02. The van der Waals surface area contributed by atoms with Crippen LogP contribution in [0.4, 0.5) is 0 Å². The number of methoxy groups -OCH3 is 1. The van der Waals surface area contributed by atoms with E-state index < -0.39 is 5.41 Å². The van der Waals surface area contributed by atoms with Crippen molar-refractivity contribution in [3.63, 3.8) is 0 Å². The summed E-state index contributed by atoms with van der Waals surface area (Å²) in [5.41, 5.74) is 0.0235. The van der Waals surface area contributed by atoms with Gasteiger partial charge in [0.15, 0.2) is 11.5 Å². The van der Waals surface area contributed by atoms with Crippen LogP contribution in [0.5, 0.6) is 0 Å². The van der Waals surface area contributed by atoms with Gasteiger partial charge in [0.1, 0.15) is 5.41 Å². The number of rotatable bonds is 2. The molecule has 0 unspecified atom stereocenters. The molecule has 0 aromatic carbocycles. The molecule has 1 fully saturated rings. The summed E-state index contributed by atoms with van der Waals surface area (Å²) in [5, 5.41) is 12.2. The van der Waals surface area contributed by atoms with E-state index in [2.05, 4.69) is 15.3 Å². The molecule has 0 spiro atoms. The lowest BCUT2D eigenvalue weighted by Gasteiger charge is -2.09. The lowest BCUT2D eigenvalue weighted by Crippen LogP contribution is -2.25. The van der Waals surface area contributed by atoms with E-state index in [4.69, 9.17) is 4.74 Å². The second kappa shape index (κ2) is 3.01. The van der Waals surface area contributed by atoms with Crippen LogP contribution in [0.2, 0.25) is 0 Å². The van der Waals surface area contributed by atoms with Gasteiger partial charge in [0.2, 0.25) is 0 Å². The predicted octanol–water partition coefficient (Wildman–Crippen LogP) is 0.329. The summed E-state index contributed by atoms with van der Waals surface area (Å²) in [5.74, 6) is 0.322. The highest BCUT2D eigenvalue weighted by molar-refractivity contribution is 5.85. The first-order chi connectivity index (χ1) is 7.78. The maximum atomic E-state index is 11.7. The van der Waals surface area contributed by atoms with Crippen LogP contribution in [0, 0.1) is 0 Å². The van der Waals surface area contributed by atoms with Crippen molar-refractivity contribution >= 4 is 11.6 Å². The fourth-order valence-electron chi connectivity index (χ4n) is 1.88. The molecule has 82 valence electrons. The minimum Gasteiger partial charge on any atom is -0.468 e. The maximum Gasteiger partial charge on any atom is 0.319 e. The first kappa shape index (κ1) is 9.26. The number of hydrogen-bond acceptors (Lipinski definition) is 5. The molecular weight excluding hydrogens is 208 g/mol. The molecule has 2 aromatic rings. The number of hydrogen-bond donors (Lipinski definition) is 0. The molecule has 6 heteroatoms. The first-order valence-electron chi connectivity index (χ1n) is 5.03. The highest BCUT2D eigenvalue weighted by atomic mass is 16.5. The third kappa shape index (κ3) is 1.07. The minimum atomic E-state index is -0.622. The summed E-state index contributed by atoms with van der Waals surface area (Å²) in [4.78, 5) is 11.7. The SMILES string of the molecule is COC(=O)C1(c2nnc3cccnn23)CC1. The Morgan fingerprint density at radius 1 is 1.50 bits per heavy atom. The van der Waals surface area contributed by atoms with Gasteiger partial charge in [0.05, 0.1) is 7.11 Å². The molecule has 6 nitrogen and oxygen atoms in total. The van der Waals surface area contributed by atoms with Crippen molar-refractivity contribution in [3.8, 4) is 0 Å². The number of esters is 1. The van der Waals surface area contributed by atoms with Crippen molar-refractivity contribution in [1.29, 1.82) is 0 Å². The molecule has 0 N–H and O–H groups in total. The number of carbonyl (C=O) groups excluding carboxylic acids is 1. The minimum absolute atomic E-state index is 0.257. The summed E-state index contributed by atoms with van der Waals surface area (Å²) in [6, 6.07) is 3.59. The molecule has 2 heterocycles. The Morgan fingerprint density at radius 3 is 3.00 bits per heavy atom. The lowest BCUT2D eigenvalue weighted by atomic mass is 10.1. The van der Waals surface area contributed by atoms with Crippen LogP contribution >= 0.6 is 0 Å². The predicted molar refractivity (Wildman–Crippen MR) is 53.7 cm³/mol. The molecule has 3 rings (SSSR count). The summed E-state index contributed by atoms with van der Waals surface area (Å²) in [7, 11) is 1.39. The van der Waals surface area contributed by atoms with Crippen LogP contribution in [-0.4, -0.2) is 32.9 Å². The molecule has 0 saturated heterocycles. The van der Waals surface area contributed by atoms with E-state index in [-0.39, 0.29) is 5.97 Å². The topological polar surface area (TPSA) is 69.4 Å². The zero-order chi connectivity index (χ0) is 11.2. The molecule has 2 aromatic heterocycles. The Bertz CT molecular complexity index is 559. The quantitative estimate of drug-likeness (QED) is 0.679. The average molecular weight is 218 g/mol. The van der Waals surface area contributed by atoms with Crippen molar-refractivity contribution < 1.29 is 9.53 Å².